The number of amides is 1. The first kappa shape index (κ1) is 12.7. The van der Waals surface area contributed by atoms with Crippen molar-refractivity contribution < 1.29 is 14.7 Å². The lowest BCUT2D eigenvalue weighted by atomic mass is 9.99. The van der Waals surface area contributed by atoms with Crippen LogP contribution in [0.1, 0.15) is 30.3 Å². The van der Waals surface area contributed by atoms with Crippen LogP contribution in [0.3, 0.4) is 0 Å². The normalized spacial score (nSPS) is 22.4. The first-order valence-corrected chi connectivity index (χ1v) is 6.52. The fourth-order valence-electron chi connectivity index (χ4n) is 2.77. The number of H-pyrrole nitrogens is 1. The minimum atomic E-state index is -1.14. The summed E-state index contributed by atoms with van der Waals surface area (Å²) in [5.74, 6) is -1.30. The lowest BCUT2D eigenvalue weighted by Crippen LogP contribution is -2.50. The zero-order chi connectivity index (χ0) is 14.3. The lowest BCUT2D eigenvalue weighted by Gasteiger charge is -2.30. The number of rotatable bonds is 2. The summed E-state index contributed by atoms with van der Waals surface area (Å²) in [6.07, 6.45) is 1.16. The third-order valence-electron chi connectivity index (χ3n) is 4.02. The minimum Gasteiger partial charge on any atom is -0.480 e. The molecule has 1 aliphatic heterocycles. The molecule has 0 aliphatic carbocycles. The second-order valence-corrected chi connectivity index (χ2v) is 5.26. The number of carboxylic acids is 1. The molecule has 104 valence electrons. The van der Waals surface area contributed by atoms with E-state index in [1.165, 1.54) is 4.90 Å². The molecule has 1 unspecified atom stereocenters. The van der Waals surface area contributed by atoms with E-state index in [-0.39, 0.29) is 11.6 Å². The first-order valence-electron chi connectivity index (χ1n) is 6.52. The molecule has 1 aromatic heterocycles. The number of carbonyl (C=O) groups excluding carboxylic acids is 1. The summed E-state index contributed by atoms with van der Waals surface area (Å²) in [6, 6.07) is 7.32. The number of fused-ring (bicyclic) bond motifs is 1. The van der Waals surface area contributed by atoms with Crippen LogP contribution in [-0.2, 0) is 4.79 Å². The van der Waals surface area contributed by atoms with Crippen LogP contribution in [0.15, 0.2) is 24.3 Å². The molecule has 2 aromatic rings. The molecule has 1 atom stereocenters. The van der Waals surface area contributed by atoms with Gasteiger partial charge in [-0.3, -0.25) is 9.89 Å². The van der Waals surface area contributed by atoms with E-state index in [0.29, 0.717) is 19.4 Å². The Hall–Kier alpha value is -2.37. The van der Waals surface area contributed by atoms with Gasteiger partial charge < -0.3 is 10.0 Å². The maximum Gasteiger partial charge on any atom is 0.329 e. The van der Waals surface area contributed by atoms with Gasteiger partial charge in [0.15, 0.2) is 5.69 Å². The van der Waals surface area contributed by atoms with Crippen LogP contribution in [-0.4, -0.2) is 44.2 Å². The van der Waals surface area contributed by atoms with Gasteiger partial charge >= 0.3 is 5.97 Å². The molecule has 1 aliphatic rings. The van der Waals surface area contributed by atoms with Gasteiger partial charge in [0.05, 0.1) is 5.52 Å². The van der Waals surface area contributed by atoms with Gasteiger partial charge in [0.25, 0.3) is 5.91 Å². The molecule has 0 spiro atoms. The molecule has 1 aromatic carbocycles. The number of benzene rings is 1. The minimum absolute atomic E-state index is 0.287. The molecule has 2 heterocycles. The van der Waals surface area contributed by atoms with Crippen molar-refractivity contribution in [3.8, 4) is 0 Å². The number of nitrogens with zero attached hydrogens (tertiary/aromatic N) is 2. The molecule has 2 N–H and O–H groups in total. The molecule has 6 heteroatoms. The summed E-state index contributed by atoms with van der Waals surface area (Å²) in [7, 11) is 0. The first-order chi connectivity index (χ1) is 9.54. The fraction of sp³-hybridized carbons (Fsp3) is 0.357. The van der Waals surface area contributed by atoms with Crippen molar-refractivity contribution >= 4 is 22.8 Å². The summed E-state index contributed by atoms with van der Waals surface area (Å²) < 4.78 is 0. The van der Waals surface area contributed by atoms with Crippen LogP contribution in [0.5, 0.6) is 0 Å². The monoisotopic (exact) mass is 273 g/mol. The van der Waals surface area contributed by atoms with Gasteiger partial charge in [-0.2, -0.15) is 5.10 Å². The number of hydrogen-bond donors (Lipinski definition) is 2. The van der Waals surface area contributed by atoms with Crippen LogP contribution in [0.2, 0.25) is 0 Å². The van der Waals surface area contributed by atoms with Crippen molar-refractivity contribution in [1.82, 2.24) is 15.1 Å². The van der Waals surface area contributed by atoms with Crippen molar-refractivity contribution in [2.75, 3.05) is 6.54 Å². The number of carboxylic acid groups (broad SMARTS) is 1. The molecular weight excluding hydrogens is 258 g/mol. The predicted octanol–water partition coefficient (Wildman–Crippen LogP) is 1.64. The molecule has 0 bridgehead atoms. The zero-order valence-corrected chi connectivity index (χ0v) is 11.1. The lowest BCUT2D eigenvalue weighted by molar-refractivity contribution is -0.147. The van der Waals surface area contributed by atoms with Gasteiger partial charge in [0, 0.05) is 11.9 Å². The zero-order valence-electron chi connectivity index (χ0n) is 11.1. The van der Waals surface area contributed by atoms with Gasteiger partial charge in [-0.05, 0) is 25.8 Å². The third-order valence-corrected chi connectivity index (χ3v) is 4.02. The number of nitrogens with one attached hydrogen (secondary N) is 1. The molecule has 0 saturated carbocycles. The van der Waals surface area contributed by atoms with E-state index in [4.69, 9.17) is 0 Å². The van der Waals surface area contributed by atoms with Gasteiger partial charge in [0.1, 0.15) is 5.54 Å². The fourth-order valence-corrected chi connectivity index (χ4v) is 2.77. The van der Waals surface area contributed by atoms with E-state index >= 15 is 0 Å². The Bertz CT molecular complexity index is 694. The molecule has 3 rings (SSSR count). The van der Waals surface area contributed by atoms with Gasteiger partial charge in [-0.1, -0.05) is 18.2 Å². The van der Waals surface area contributed by atoms with Gasteiger partial charge in [-0.15, -0.1) is 0 Å². The van der Waals surface area contributed by atoms with Crippen LogP contribution < -0.4 is 0 Å². The molecule has 0 radical (unpaired) electrons. The topological polar surface area (TPSA) is 86.3 Å². The van der Waals surface area contributed by atoms with E-state index in [1.807, 2.05) is 18.2 Å². The second-order valence-electron chi connectivity index (χ2n) is 5.26. The molecule has 20 heavy (non-hydrogen) atoms. The third kappa shape index (κ3) is 1.68. The van der Waals surface area contributed by atoms with Gasteiger partial charge in [-0.25, -0.2) is 4.79 Å². The number of carbonyl (C=O) groups is 2. The summed E-state index contributed by atoms with van der Waals surface area (Å²) in [5, 5.41) is 17.0. The molecular formula is C14H15N3O3. The summed E-state index contributed by atoms with van der Waals surface area (Å²) in [5.41, 5.74) is -0.0843. The number of aromatic amines is 1. The quantitative estimate of drug-likeness (QED) is 0.871. The van der Waals surface area contributed by atoms with Crippen molar-refractivity contribution in [3.05, 3.63) is 30.0 Å². The van der Waals surface area contributed by atoms with E-state index in [1.54, 1.807) is 13.0 Å². The molecule has 1 amide bonds. The smallest absolute Gasteiger partial charge is 0.329 e. The van der Waals surface area contributed by atoms with Crippen molar-refractivity contribution in [1.29, 1.82) is 0 Å². The van der Waals surface area contributed by atoms with Crippen LogP contribution in [0.25, 0.3) is 10.9 Å². The Morgan fingerprint density at radius 1 is 1.40 bits per heavy atom. The Morgan fingerprint density at radius 3 is 2.90 bits per heavy atom. The Balaban J connectivity index is 2.02. The highest BCUT2D eigenvalue weighted by Crippen LogP contribution is 2.31. The SMILES string of the molecule is CC1(C(=O)O)CCCN1C(=O)c1n[nH]c2ccccc12. The van der Waals surface area contributed by atoms with Crippen molar-refractivity contribution in [3.63, 3.8) is 0 Å². The van der Waals surface area contributed by atoms with Crippen LogP contribution in [0.4, 0.5) is 0 Å². The molecule has 6 nitrogen and oxygen atoms in total. The number of aliphatic carboxylic acids is 1. The highest BCUT2D eigenvalue weighted by molar-refractivity contribution is 6.06. The highest BCUT2D eigenvalue weighted by Gasteiger charge is 2.46. The van der Waals surface area contributed by atoms with Gasteiger partial charge in [0.2, 0.25) is 0 Å². The Morgan fingerprint density at radius 2 is 2.15 bits per heavy atom. The maximum absolute atomic E-state index is 12.6. The second kappa shape index (κ2) is 4.33. The van der Waals surface area contributed by atoms with Crippen molar-refractivity contribution in [2.45, 2.75) is 25.3 Å². The molecule has 1 saturated heterocycles. The largest absolute Gasteiger partial charge is 0.480 e. The van der Waals surface area contributed by atoms with E-state index in [9.17, 15) is 14.7 Å². The van der Waals surface area contributed by atoms with E-state index < -0.39 is 11.5 Å². The highest BCUT2D eigenvalue weighted by atomic mass is 16.4. The number of aromatic nitrogens is 2. The van der Waals surface area contributed by atoms with Crippen LogP contribution in [0, 0.1) is 0 Å². The number of likely N-dealkylation sites (tertiary alicyclic amines) is 1. The standard InChI is InChI=1S/C14H15N3O3/c1-14(13(19)20)7-4-8-17(14)12(18)11-9-5-2-3-6-10(9)15-16-11/h2-3,5-6H,4,7-8H2,1H3,(H,15,16)(H,19,20). The maximum atomic E-state index is 12.6. The van der Waals surface area contributed by atoms with E-state index in [0.717, 1.165) is 10.9 Å². The number of para-hydroxylation sites is 1. The number of hydrogen-bond acceptors (Lipinski definition) is 3. The molecule has 1 fully saturated rings. The average Bonchev–Trinajstić information content (AvgIpc) is 3.02. The average molecular weight is 273 g/mol. The predicted molar refractivity (Wildman–Crippen MR) is 72.4 cm³/mol. The summed E-state index contributed by atoms with van der Waals surface area (Å²) in [6.45, 7) is 2.04. The van der Waals surface area contributed by atoms with Crippen LogP contribution >= 0.6 is 0 Å². The van der Waals surface area contributed by atoms with E-state index in [2.05, 4.69) is 10.2 Å². The Labute approximate surface area is 115 Å². The van der Waals surface area contributed by atoms with Crippen molar-refractivity contribution in [2.24, 2.45) is 0 Å². The Kier molecular flexibility index (Phi) is 2.74. The summed E-state index contributed by atoms with van der Waals surface area (Å²) >= 11 is 0. The summed E-state index contributed by atoms with van der Waals surface area (Å²) in [4.78, 5) is 25.5.